The molecule has 1 atom stereocenters. The first kappa shape index (κ1) is 11.2. The Morgan fingerprint density at radius 2 is 2.25 bits per heavy atom. The van der Waals surface area contributed by atoms with Gasteiger partial charge in [-0.25, -0.2) is 0 Å². The van der Waals surface area contributed by atoms with Gasteiger partial charge >= 0.3 is 0 Å². The number of amides is 1. The summed E-state index contributed by atoms with van der Waals surface area (Å²) < 4.78 is 1.71. The van der Waals surface area contributed by atoms with Crippen LogP contribution in [0.2, 0.25) is 0 Å². The Kier molecular flexibility index (Phi) is 2.99. The van der Waals surface area contributed by atoms with Crippen LogP contribution in [0.1, 0.15) is 42.2 Å². The van der Waals surface area contributed by atoms with Crippen LogP contribution in [0.3, 0.4) is 0 Å². The molecule has 0 bridgehead atoms. The maximum atomic E-state index is 12.3. The van der Waals surface area contributed by atoms with Crippen LogP contribution in [0.25, 0.3) is 0 Å². The van der Waals surface area contributed by atoms with Gasteiger partial charge in [0.15, 0.2) is 0 Å². The minimum Gasteiger partial charge on any atom is -0.336 e. The van der Waals surface area contributed by atoms with Gasteiger partial charge in [-0.15, -0.1) is 0 Å². The summed E-state index contributed by atoms with van der Waals surface area (Å²) in [6.45, 7) is 4.90. The molecule has 1 aromatic heterocycles. The van der Waals surface area contributed by atoms with Gasteiger partial charge in [0, 0.05) is 25.8 Å². The molecule has 1 amide bonds. The molecular formula is C12H19N3O. The quantitative estimate of drug-likeness (QED) is 0.724. The van der Waals surface area contributed by atoms with E-state index in [1.807, 2.05) is 25.1 Å². The number of carbonyl (C=O) groups is 1. The van der Waals surface area contributed by atoms with E-state index in [2.05, 4.69) is 12.0 Å². The fourth-order valence-electron chi connectivity index (χ4n) is 2.36. The molecule has 0 spiro atoms. The van der Waals surface area contributed by atoms with E-state index < -0.39 is 0 Å². The molecule has 0 radical (unpaired) electrons. The van der Waals surface area contributed by atoms with Gasteiger partial charge in [0.2, 0.25) is 0 Å². The highest BCUT2D eigenvalue weighted by molar-refractivity contribution is 5.95. The van der Waals surface area contributed by atoms with Crippen molar-refractivity contribution in [3.8, 4) is 0 Å². The van der Waals surface area contributed by atoms with Crippen molar-refractivity contribution in [1.29, 1.82) is 0 Å². The number of aromatic nitrogens is 2. The van der Waals surface area contributed by atoms with Crippen LogP contribution < -0.4 is 0 Å². The molecule has 1 aromatic rings. The van der Waals surface area contributed by atoms with E-state index in [4.69, 9.17) is 0 Å². The first-order chi connectivity index (χ1) is 7.59. The van der Waals surface area contributed by atoms with Crippen LogP contribution in [0.5, 0.6) is 0 Å². The number of rotatable bonds is 1. The molecule has 0 unspecified atom stereocenters. The molecule has 16 heavy (non-hydrogen) atoms. The molecular weight excluding hydrogens is 202 g/mol. The van der Waals surface area contributed by atoms with Gasteiger partial charge in [-0.3, -0.25) is 9.48 Å². The summed E-state index contributed by atoms with van der Waals surface area (Å²) in [7, 11) is 1.85. The zero-order valence-electron chi connectivity index (χ0n) is 10.2. The van der Waals surface area contributed by atoms with Crippen LogP contribution >= 0.6 is 0 Å². The highest BCUT2D eigenvalue weighted by Crippen LogP contribution is 2.20. The molecule has 1 aliphatic rings. The van der Waals surface area contributed by atoms with Gasteiger partial charge in [-0.1, -0.05) is 0 Å². The van der Waals surface area contributed by atoms with Gasteiger partial charge in [0.1, 0.15) is 0 Å². The zero-order chi connectivity index (χ0) is 11.7. The Morgan fingerprint density at radius 3 is 2.81 bits per heavy atom. The average Bonchev–Trinajstić information content (AvgIpc) is 2.58. The molecule has 1 aliphatic heterocycles. The summed E-state index contributed by atoms with van der Waals surface area (Å²) in [5, 5.41) is 4.22. The third-order valence-corrected chi connectivity index (χ3v) is 3.31. The van der Waals surface area contributed by atoms with Gasteiger partial charge in [0.25, 0.3) is 5.91 Å². The summed E-state index contributed by atoms with van der Waals surface area (Å²) in [6.07, 6.45) is 5.29. The van der Waals surface area contributed by atoms with Crippen molar-refractivity contribution in [1.82, 2.24) is 14.7 Å². The van der Waals surface area contributed by atoms with Gasteiger partial charge in [-0.2, -0.15) is 5.10 Å². The fourth-order valence-corrected chi connectivity index (χ4v) is 2.36. The molecule has 2 rings (SSSR count). The molecule has 1 fully saturated rings. The number of piperidine rings is 1. The summed E-state index contributed by atoms with van der Waals surface area (Å²) in [6, 6.07) is 0.362. The second-order valence-electron chi connectivity index (χ2n) is 4.65. The van der Waals surface area contributed by atoms with Gasteiger partial charge in [-0.05, 0) is 33.1 Å². The molecule has 0 saturated carbocycles. The molecule has 4 heteroatoms. The molecule has 0 aromatic carbocycles. The largest absolute Gasteiger partial charge is 0.336 e. The summed E-state index contributed by atoms with van der Waals surface area (Å²) >= 11 is 0. The van der Waals surface area contributed by atoms with Crippen molar-refractivity contribution in [2.75, 3.05) is 6.54 Å². The van der Waals surface area contributed by atoms with Crippen LogP contribution in [-0.2, 0) is 7.05 Å². The van der Waals surface area contributed by atoms with Crippen LogP contribution in [0.4, 0.5) is 0 Å². The minimum absolute atomic E-state index is 0.137. The van der Waals surface area contributed by atoms with E-state index in [1.165, 1.54) is 6.42 Å². The van der Waals surface area contributed by atoms with Crippen molar-refractivity contribution in [3.05, 3.63) is 17.5 Å². The van der Waals surface area contributed by atoms with Crippen molar-refractivity contribution in [3.63, 3.8) is 0 Å². The molecule has 2 heterocycles. The third-order valence-electron chi connectivity index (χ3n) is 3.31. The van der Waals surface area contributed by atoms with Crippen LogP contribution in [0.15, 0.2) is 6.20 Å². The number of aryl methyl sites for hydroxylation is 2. The maximum absolute atomic E-state index is 12.3. The van der Waals surface area contributed by atoms with E-state index in [9.17, 15) is 4.79 Å². The van der Waals surface area contributed by atoms with E-state index in [0.717, 1.165) is 30.6 Å². The number of nitrogens with zero attached hydrogens (tertiary/aromatic N) is 3. The average molecular weight is 221 g/mol. The number of hydrogen-bond acceptors (Lipinski definition) is 2. The molecule has 4 nitrogen and oxygen atoms in total. The first-order valence-electron chi connectivity index (χ1n) is 5.91. The predicted octanol–water partition coefficient (Wildman–Crippen LogP) is 1.74. The van der Waals surface area contributed by atoms with Crippen molar-refractivity contribution in [2.45, 2.75) is 39.2 Å². The second kappa shape index (κ2) is 4.28. The normalized spacial score (nSPS) is 21.2. The number of likely N-dealkylation sites (tertiary alicyclic amines) is 1. The number of carbonyl (C=O) groups excluding carboxylic acids is 1. The first-order valence-corrected chi connectivity index (χ1v) is 5.91. The predicted molar refractivity (Wildman–Crippen MR) is 62.3 cm³/mol. The molecule has 0 aliphatic carbocycles. The summed E-state index contributed by atoms with van der Waals surface area (Å²) in [4.78, 5) is 14.3. The highest BCUT2D eigenvalue weighted by atomic mass is 16.2. The lowest BCUT2D eigenvalue weighted by molar-refractivity contribution is 0.0635. The summed E-state index contributed by atoms with van der Waals surface area (Å²) in [5.41, 5.74) is 1.57. The Balaban J connectivity index is 2.21. The molecule has 1 saturated heterocycles. The van der Waals surface area contributed by atoms with Crippen molar-refractivity contribution < 1.29 is 4.79 Å². The Bertz CT molecular complexity index is 397. The third kappa shape index (κ3) is 1.96. The van der Waals surface area contributed by atoms with E-state index in [1.54, 1.807) is 4.68 Å². The molecule has 88 valence electrons. The fraction of sp³-hybridized carbons (Fsp3) is 0.667. The van der Waals surface area contributed by atoms with Gasteiger partial charge < -0.3 is 4.90 Å². The second-order valence-corrected chi connectivity index (χ2v) is 4.65. The standard InChI is InChI=1S/C12H19N3O/c1-9-6-4-5-7-15(9)12(16)11-8-14(3)13-10(11)2/h8-9H,4-7H2,1-3H3/t9-/m0/s1. The maximum Gasteiger partial charge on any atom is 0.257 e. The zero-order valence-corrected chi connectivity index (χ0v) is 10.2. The van der Waals surface area contributed by atoms with Crippen LogP contribution in [0, 0.1) is 6.92 Å². The van der Waals surface area contributed by atoms with Crippen molar-refractivity contribution >= 4 is 5.91 Å². The molecule has 0 N–H and O–H groups in total. The van der Waals surface area contributed by atoms with E-state index >= 15 is 0 Å². The topological polar surface area (TPSA) is 38.1 Å². The highest BCUT2D eigenvalue weighted by Gasteiger charge is 2.26. The van der Waals surface area contributed by atoms with Crippen LogP contribution in [-0.4, -0.2) is 33.2 Å². The lowest BCUT2D eigenvalue weighted by Gasteiger charge is -2.33. The lowest BCUT2D eigenvalue weighted by Crippen LogP contribution is -2.42. The Hall–Kier alpha value is -1.32. The Labute approximate surface area is 96.2 Å². The number of hydrogen-bond donors (Lipinski definition) is 0. The van der Waals surface area contributed by atoms with Gasteiger partial charge in [0.05, 0.1) is 11.3 Å². The summed E-state index contributed by atoms with van der Waals surface area (Å²) in [5.74, 6) is 0.137. The Morgan fingerprint density at radius 1 is 1.50 bits per heavy atom. The minimum atomic E-state index is 0.137. The smallest absolute Gasteiger partial charge is 0.257 e. The SMILES string of the molecule is Cc1nn(C)cc1C(=O)N1CCCC[C@@H]1C. The monoisotopic (exact) mass is 221 g/mol. The van der Waals surface area contributed by atoms with E-state index in [-0.39, 0.29) is 5.91 Å². The van der Waals surface area contributed by atoms with Crippen molar-refractivity contribution in [2.24, 2.45) is 7.05 Å². The van der Waals surface area contributed by atoms with E-state index in [0.29, 0.717) is 6.04 Å². The lowest BCUT2D eigenvalue weighted by atomic mass is 10.0.